The monoisotopic (exact) mass is 499 g/mol. The van der Waals surface area contributed by atoms with Crippen molar-refractivity contribution in [2.45, 2.75) is 34.9 Å². The summed E-state index contributed by atoms with van der Waals surface area (Å²) in [6, 6.07) is 3.16. The van der Waals surface area contributed by atoms with Crippen LogP contribution < -0.4 is 0 Å². The number of hydrogen-bond acceptors (Lipinski definition) is 6. The van der Waals surface area contributed by atoms with E-state index in [4.69, 9.17) is 4.52 Å². The molecule has 0 saturated carbocycles. The second-order valence-corrected chi connectivity index (χ2v) is 15.1. The van der Waals surface area contributed by atoms with E-state index in [0.717, 1.165) is 23.9 Å². The Hall–Kier alpha value is -1.55. The number of esters is 1. The molecule has 150 valence electrons. The second kappa shape index (κ2) is 8.06. The van der Waals surface area contributed by atoms with Gasteiger partial charge in [-0.3, -0.25) is 0 Å². The Morgan fingerprint density at radius 3 is 2.75 bits per heavy atom. The van der Waals surface area contributed by atoms with Gasteiger partial charge < -0.3 is 0 Å². The van der Waals surface area contributed by atoms with Crippen molar-refractivity contribution >= 4 is 27.7 Å². The number of methoxy groups -OCH3 is 1. The third kappa shape index (κ3) is 3.94. The number of carbonyl (C=O) groups excluding carboxylic acids is 1. The molecule has 2 atom stereocenters. The van der Waals surface area contributed by atoms with Crippen molar-refractivity contribution in [1.29, 1.82) is 0 Å². The predicted molar refractivity (Wildman–Crippen MR) is 96.8 cm³/mol. The standard InChI is InChI=1S/C17H18F3N3O3.CH3.In/c1-5-21-13(9(2)3)15-22-14(23-26-15)11-7-6-10(16(24)25-4)8-12(11)17(18,19)20;;/h6-9,13H,2,5H2,1,3-4H3;1H3;/q-1;;+1. The first-order chi connectivity index (χ1) is 13.2. The van der Waals surface area contributed by atoms with E-state index in [-0.39, 0.29) is 23.0 Å². The zero-order chi connectivity index (χ0) is 20.6. The number of halogens is 3. The molecule has 0 bridgehead atoms. The van der Waals surface area contributed by atoms with Crippen LogP contribution in [0.15, 0.2) is 22.7 Å². The maximum absolute atomic E-state index is 13.6. The summed E-state index contributed by atoms with van der Waals surface area (Å²) in [7, 11) is 1.11. The molecule has 0 amide bonds. The Bertz CT molecular complexity index is 871. The van der Waals surface area contributed by atoms with Crippen LogP contribution in [-0.4, -0.2) is 54.4 Å². The number of ether oxygens (including phenoxy) is 1. The van der Waals surface area contributed by atoms with E-state index in [1.165, 1.54) is 12.1 Å². The van der Waals surface area contributed by atoms with Crippen LogP contribution in [-0.2, 0) is 10.9 Å². The first kappa shape index (κ1) is 21.2. The summed E-state index contributed by atoms with van der Waals surface area (Å²) >= 11 is -1.83. The molecule has 28 heavy (non-hydrogen) atoms. The minimum absolute atomic E-state index is 0.0410. The van der Waals surface area contributed by atoms with E-state index in [9.17, 15) is 18.0 Å². The van der Waals surface area contributed by atoms with Crippen LogP contribution in [0.3, 0.4) is 0 Å². The molecule has 0 N–H and O–H groups in total. The van der Waals surface area contributed by atoms with Gasteiger partial charge in [0.15, 0.2) is 0 Å². The number of alkyl halides is 3. The Labute approximate surface area is 169 Å². The van der Waals surface area contributed by atoms with Crippen molar-refractivity contribution in [3.8, 4) is 11.4 Å². The van der Waals surface area contributed by atoms with Crippen LogP contribution in [0.5, 0.6) is 0 Å². The van der Waals surface area contributed by atoms with Gasteiger partial charge in [-0.2, -0.15) is 0 Å². The van der Waals surface area contributed by atoms with Crippen LogP contribution >= 0.6 is 0 Å². The fraction of sp³-hybridized carbons (Fsp3) is 0.500. The molecule has 0 spiro atoms. The number of rotatable bonds is 4. The van der Waals surface area contributed by atoms with Gasteiger partial charge in [-0.25, -0.2) is 0 Å². The molecule has 1 fully saturated rings. The van der Waals surface area contributed by atoms with Gasteiger partial charge in [-0.15, -0.1) is 0 Å². The van der Waals surface area contributed by atoms with Crippen molar-refractivity contribution in [3.63, 3.8) is 0 Å². The van der Waals surface area contributed by atoms with E-state index in [0.29, 0.717) is 11.8 Å². The molecule has 0 aliphatic carbocycles. The molecule has 2 unspecified atom stereocenters. The van der Waals surface area contributed by atoms with Gasteiger partial charge in [0.2, 0.25) is 0 Å². The Kier molecular flexibility index (Phi) is 6.09. The summed E-state index contributed by atoms with van der Waals surface area (Å²) in [5.41, 5.74) is -1.41. The van der Waals surface area contributed by atoms with Gasteiger partial charge >= 0.3 is 169 Å². The number of hydrogen-bond donors (Lipinski definition) is 0. The van der Waals surface area contributed by atoms with E-state index in [1.807, 2.05) is 0 Å². The van der Waals surface area contributed by atoms with Crippen LogP contribution in [0.25, 0.3) is 11.4 Å². The SMILES string of the molecule is CC[N]1C(c2nc(-c3ccc(C(=O)OC)cc3C(F)(F)F)no2)C(C)[CH2][In]1[CH3]. The topological polar surface area (TPSA) is 68.5 Å². The van der Waals surface area contributed by atoms with Crippen molar-refractivity contribution in [3.05, 3.63) is 35.2 Å². The van der Waals surface area contributed by atoms with E-state index in [2.05, 4.69) is 36.3 Å². The van der Waals surface area contributed by atoms with Crippen molar-refractivity contribution in [2.24, 2.45) is 5.92 Å². The van der Waals surface area contributed by atoms with E-state index in [1.54, 1.807) is 0 Å². The first-order valence-electron chi connectivity index (χ1n) is 9.06. The number of carbonyl (C=O) groups is 1. The molecular weight excluding hydrogens is 478 g/mol. The molecule has 2 aromatic rings. The number of aromatic nitrogens is 2. The molecule has 1 aliphatic rings. The minimum atomic E-state index is -4.68. The van der Waals surface area contributed by atoms with Crippen molar-refractivity contribution < 1.29 is 27.2 Å². The fourth-order valence-electron chi connectivity index (χ4n) is 3.98. The normalized spacial score (nSPS) is 20.6. The third-order valence-electron chi connectivity index (χ3n) is 5.22. The van der Waals surface area contributed by atoms with Gasteiger partial charge in [0, 0.05) is 0 Å². The molecule has 3 rings (SSSR count). The van der Waals surface area contributed by atoms with E-state index >= 15 is 0 Å². The maximum atomic E-state index is 13.6. The third-order valence-corrected chi connectivity index (χ3v) is 14.5. The fourth-order valence-corrected chi connectivity index (χ4v) is 13.1. The second-order valence-electron chi connectivity index (χ2n) is 7.04. The molecule has 1 aromatic carbocycles. The Balaban J connectivity index is 2.02. The molecule has 1 aromatic heterocycles. The molecule has 1 saturated heterocycles. The van der Waals surface area contributed by atoms with Gasteiger partial charge in [0.05, 0.1) is 0 Å². The van der Waals surface area contributed by atoms with Crippen LogP contribution in [0.2, 0.25) is 8.86 Å². The van der Waals surface area contributed by atoms with Crippen molar-refractivity contribution in [1.82, 2.24) is 13.0 Å². The average Bonchev–Trinajstić information content (AvgIpc) is 3.23. The molecule has 10 heteroatoms. The summed E-state index contributed by atoms with van der Waals surface area (Å²) in [6.07, 6.45) is -4.68. The molecule has 0 radical (unpaired) electrons. The number of nitrogens with zero attached hydrogens (tertiary/aromatic N) is 3. The first-order valence-corrected chi connectivity index (χ1v) is 16.2. The Morgan fingerprint density at radius 2 is 2.14 bits per heavy atom. The van der Waals surface area contributed by atoms with Gasteiger partial charge in [-0.1, -0.05) is 0 Å². The summed E-state index contributed by atoms with van der Waals surface area (Å²) in [5, 5.41) is 3.82. The summed E-state index contributed by atoms with van der Waals surface area (Å²) < 4.78 is 56.5. The molecule has 1 aliphatic heterocycles. The average molecular weight is 499 g/mol. The van der Waals surface area contributed by atoms with Crippen LogP contribution in [0.1, 0.15) is 41.7 Å². The predicted octanol–water partition coefficient (Wildman–Crippen LogP) is 4.18. The Morgan fingerprint density at radius 1 is 1.43 bits per heavy atom. The van der Waals surface area contributed by atoms with Gasteiger partial charge in [0.1, 0.15) is 0 Å². The van der Waals surface area contributed by atoms with E-state index < -0.39 is 39.4 Å². The summed E-state index contributed by atoms with van der Waals surface area (Å²) in [4.78, 5) is 15.9. The van der Waals surface area contributed by atoms with Gasteiger partial charge in [-0.05, 0) is 0 Å². The molecule has 6 nitrogen and oxygen atoms in total. The van der Waals surface area contributed by atoms with Crippen LogP contribution in [0, 0.1) is 5.92 Å². The zero-order valence-electron chi connectivity index (χ0n) is 16.1. The molecule has 2 heterocycles. The van der Waals surface area contributed by atoms with Gasteiger partial charge in [0.25, 0.3) is 0 Å². The van der Waals surface area contributed by atoms with Crippen molar-refractivity contribution in [2.75, 3.05) is 13.7 Å². The van der Waals surface area contributed by atoms with Crippen LogP contribution in [0.4, 0.5) is 13.2 Å². The number of benzene rings is 1. The summed E-state index contributed by atoms with van der Waals surface area (Å²) in [6.45, 7) is 5.05. The quantitative estimate of drug-likeness (QED) is 0.589. The summed E-state index contributed by atoms with van der Waals surface area (Å²) in [5.74, 6) is -0.277. The molecular formula is C18H21F3InN3O3. The zero-order valence-corrected chi connectivity index (χ0v) is 19.4.